The van der Waals surface area contributed by atoms with Gasteiger partial charge in [0.2, 0.25) is 0 Å². The van der Waals surface area contributed by atoms with E-state index in [4.69, 9.17) is 9.15 Å². The quantitative estimate of drug-likeness (QED) is 0.805. The molecule has 20 heavy (non-hydrogen) atoms. The summed E-state index contributed by atoms with van der Waals surface area (Å²) in [5.74, 6) is -0.195. The Morgan fingerprint density at radius 2 is 2.25 bits per heavy atom. The first-order valence-electron chi connectivity index (χ1n) is 6.98. The Labute approximate surface area is 117 Å². The van der Waals surface area contributed by atoms with Gasteiger partial charge in [0.05, 0.1) is 6.10 Å². The molecule has 0 aliphatic carbocycles. The Balaban J connectivity index is 1.86. The topological polar surface area (TPSA) is 55.6 Å². The standard InChI is InChI=1S/C15H18N2O3/c1-10(2)19-14(18)12-7-5-9-17(12)15-16-11-6-3-4-8-13(11)20-15/h3-4,6,8,10,12H,5,7,9H2,1-2H3/t12-/m0/s1. The number of aromatic nitrogens is 1. The summed E-state index contributed by atoms with van der Waals surface area (Å²) in [6.07, 6.45) is 1.62. The lowest BCUT2D eigenvalue weighted by Crippen LogP contribution is -2.38. The van der Waals surface area contributed by atoms with Gasteiger partial charge in [0.25, 0.3) is 6.01 Å². The minimum absolute atomic E-state index is 0.103. The summed E-state index contributed by atoms with van der Waals surface area (Å²) >= 11 is 0. The molecule has 5 nitrogen and oxygen atoms in total. The lowest BCUT2D eigenvalue weighted by Gasteiger charge is -2.22. The number of nitrogens with zero attached hydrogens (tertiary/aromatic N) is 2. The van der Waals surface area contributed by atoms with Crippen LogP contribution in [0.4, 0.5) is 6.01 Å². The Kier molecular flexibility index (Phi) is 3.34. The van der Waals surface area contributed by atoms with Crippen LogP contribution in [-0.2, 0) is 9.53 Å². The molecule has 0 radical (unpaired) electrons. The summed E-state index contributed by atoms with van der Waals surface area (Å²) in [7, 11) is 0. The molecule has 0 bridgehead atoms. The monoisotopic (exact) mass is 274 g/mol. The molecule has 0 N–H and O–H groups in total. The molecule has 2 aromatic rings. The first-order chi connectivity index (χ1) is 9.65. The van der Waals surface area contributed by atoms with Gasteiger partial charge in [-0.1, -0.05) is 12.1 Å². The van der Waals surface area contributed by atoms with Gasteiger partial charge in [-0.3, -0.25) is 0 Å². The molecule has 1 aliphatic rings. The molecule has 0 unspecified atom stereocenters. The number of oxazole rings is 1. The van der Waals surface area contributed by atoms with Gasteiger partial charge in [0.15, 0.2) is 5.58 Å². The van der Waals surface area contributed by atoms with Crippen molar-refractivity contribution in [3.8, 4) is 0 Å². The van der Waals surface area contributed by atoms with Crippen LogP contribution in [0.15, 0.2) is 28.7 Å². The lowest BCUT2D eigenvalue weighted by atomic mass is 10.2. The van der Waals surface area contributed by atoms with E-state index in [9.17, 15) is 4.79 Å². The van der Waals surface area contributed by atoms with Gasteiger partial charge in [-0.2, -0.15) is 4.98 Å². The Morgan fingerprint density at radius 1 is 1.45 bits per heavy atom. The zero-order chi connectivity index (χ0) is 14.1. The van der Waals surface area contributed by atoms with Crippen molar-refractivity contribution in [1.29, 1.82) is 0 Å². The van der Waals surface area contributed by atoms with Gasteiger partial charge in [-0.25, -0.2) is 4.79 Å². The van der Waals surface area contributed by atoms with E-state index in [1.165, 1.54) is 0 Å². The molecule has 1 aromatic carbocycles. The van der Waals surface area contributed by atoms with Crippen molar-refractivity contribution >= 4 is 23.1 Å². The molecule has 2 heterocycles. The zero-order valence-corrected chi connectivity index (χ0v) is 11.7. The van der Waals surface area contributed by atoms with Crippen molar-refractivity contribution in [3.63, 3.8) is 0 Å². The largest absolute Gasteiger partial charge is 0.461 e. The zero-order valence-electron chi connectivity index (χ0n) is 11.7. The SMILES string of the molecule is CC(C)OC(=O)[C@@H]1CCCN1c1nc2ccccc2o1. The number of ether oxygens (including phenoxy) is 1. The smallest absolute Gasteiger partial charge is 0.329 e. The number of benzene rings is 1. The third-order valence-corrected chi connectivity index (χ3v) is 3.41. The Bertz CT molecular complexity index is 587. The summed E-state index contributed by atoms with van der Waals surface area (Å²) < 4.78 is 11.1. The summed E-state index contributed by atoms with van der Waals surface area (Å²) in [5.41, 5.74) is 1.55. The van der Waals surface area contributed by atoms with Crippen LogP contribution in [0.25, 0.3) is 11.1 Å². The minimum Gasteiger partial charge on any atom is -0.461 e. The normalized spacial score (nSPS) is 18.9. The summed E-state index contributed by atoms with van der Waals surface area (Å²) in [6.45, 7) is 4.48. The van der Waals surface area contributed by atoms with Crippen molar-refractivity contribution in [2.45, 2.75) is 38.8 Å². The fourth-order valence-electron chi connectivity index (χ4n) is 2.53. The van der Waals surface area contributed by atoms with Crippen LogP contribution >= 0.6 is 0 Å². The van der Waals surface area contributed by atoms with Crippen LogP contribution in [0.1, 0.15) is 26.7 Å². The van der Waals surface area contributed by atoms with E-state index in [0.29, 0.717) is 6.01 Å². The molecular formula is C15H18N2O3. The third-order valence-electron chi connectivity index (χ3n) is 3.41. The molecular weight excluding hydrogens is 256 g/mol. The van der Waals surface area contributed by atoms with Gasteiger partial charge >= 0.3 is 5.97 Å². The lowest BCUT2D eigenvalue weighted by molar-refractivity contribution is -0.148. The minimum atomic E-state index is -0.287. The van der Waals surface area contributed by atoms with Gasteiger partial charge < -0.3 is 14.1 Å². The highest BCUT2D eigenvalue weighted by Gasteiger charge is 2.35. The summed E-state index contributed by atoms with van der Waals surface area (Å²) in [5, 5.41) is 0. The summed E-state index contributed by atoms with van der Waals surface area (Å²) in [6, 6.07) is 7.83. The number of carbonyl (C=O) groups excluding carboxylic acids is 1. The molecule has 5 heteroatoms. The van der Waals surface area contributed by atoms with Gasteiger partial charge in [-0.15, -0.1) is 0 Å². The molecule has 1 aliphatic heterocycles. The van der Waals surface area contributed by atoms with Crippen LogP contribution in [0.2, 0.25) is 0 Å². The maximum absolute atomic E-state index is 12.1. The molecule has 1 saturated heterocycles. The van der Waals surface area contributed by atoms with E-state index in [0.717, 1.165) is 30.5 Å². The van der Waals surface area contributed by atoms with Crippen LogP contribution in [0.3, 0.4) is 0 Å². The highest BCUT2D eigenvalue weighted by Crippen LogP contribution is 2.28. The van der Waals surface area contributed by atoms with E-state index in [1.54, 1.807) is 0 Å². The van der Waals surface area contributed by atoms with Crippen molar-refractivity contribution in [2.24, 2.45) is 0 Å². The highest BCUT2D eigenvalue weighted by atomic mass is 16.5. The second-order valence-corrected chi connectivity index (χ2v) is 5.30. The third kappa shape index (κ3) is 2.35. The van der Waals surface area contributed by atoms with E-state index < -0.39 is 0 Å². The molecule has 1 atom stereocenters. The van der Waals surface area contributed by atoms with Gasteiger partial charge in [0.1, 0.15) is 11.6 Å². The van der Waals surface area contributed by atoms with Gasteiger partial charge in [-0.05, 0) is 38.8 Å². The van der Waals surface area contributed by atoms with E-state index >= 15 is 0 Å². The molecule has 0 saturated carbocycles. The number of carbonyl (C=O) groups is 1. The molecule has 106 valence electrons. The van der Waals surface area contributed by atoms with E-state index in [-0.39, 0.29) is 18.1 Å². The van der Waals surface area contributed by atoms with Crippen LogP contribution < -0.4 is 4.90 Å². The number of hydrogen-bond donors (Lipinski definition) is 0. The number of hydrogen-bond acceptors (Lipinski definition) is 5. The fourth-order valence-corrected chi connectivity index (χ4v) is 2.53. The van der Waals surface area contributed by atoms with Crippen LogP contribution in [-0.4, -0.2) is 29.6 Å². The van der Waals surface area contributed by atoms with Crippen molar-refractivity contribution in [3.05, 3.63) is 24.3 Å². The second kappa shape index (κ2) is 5.15. The number of anilines is 1. The predicted octanol–water partition coefficient (Wildman–Crippen LogP) is 2.75. The summed E-state index contributed by atoms with van der Waals surface area (Å²) in [4.78, 5) is 18.5. The first kappa shape index (κ1) is 13.0. The predicted molar refractivity (Wildman–Crippen MR) is 75.6 cm³/mol. The van der Waals surface area contributed by atoms with Crippen LogP contribution in [0, 0.1) is 0 Å². The van der Waals surface area contributed by atoms with Crippen molar-refractivity contribution in [2.75, 3.05) is 11.4 Å². The number of rotatable bonds is 3. The molecule has 1 aromatic heterocycles. The maximum Gasteiger partial charge on any atom is 0.329 e. The first-order valence-corrected chi connectivity index (χ1v) is 6.98. The van der Waals surface area contributed by atoms with E-state index in [2.05, 4.69) is 4.98 Å². The molecule has 1 fully saturated rings. The fraction of sp³-hybridized carbons (Fsp3) is 0.467. The highest BCUT2D eigenvalue weighted by molar-refractivity contribution is 5.81. The molecule has 0 amide bonds. The number of para-hydroxylation sites is 2. The van der Waals surface area contributed by atoms with E-state index in [1.807, 2.05) is 43.0 Å². The second-order valence-electron chi connectivity index (χ2n) is 5.30. The molecule has 0 spiro atoms. The van der Waals surface area contributed by atoms with Crippen molar-refractivity contribution in [1.82, 2.24) is 4.98 Å². The van der Waals surface area contributed by atoms with Crippen molar-refractivity contribution < 1.29 is 13.9 Å². The number of fused-ring (bicyclic) bond motifs is 1. The van der Waals surface area contributed by atoms with Crippen LogP contribution in [0.5, 0.6) is 0 Å². The maximum atomic E-state index is 12.1. The average molecular weight is 274 g/mol. The number of esters is 1. The average Bonchev–Trinajstić information content (AvgIpc) is 3.04. The molecule has 3 rings (SSSR count). The van der Waals surface area contributed by atoms with Gasteiger partial charge in [0, 0.05) is 6.54 Å². The Morgan fingerprint density at radius 3 is 3.00 bits per heavy atom. The Hall–Kier alpha value is -2.04.